The van der Waals surface area contributed by atoms with E-state index < -0.39 is 0 Å². The molecule has 1 atom stereocenters. The Morgan fingerprint density at radius 1 is 0.818 bits per heavy atom. The molecule has 11 heavy (non-hydrogen) atoms. The van der Waals surface area contributed by atoms with Crippen LogP contribution < -0.4 is 5.32 Å². The molecule has 1 aliphatic heterocycles. The van der Waals surface area contributed by atoms with Crippen molar-refractivity contribution in [2.75, 3.05) is 6.54 Å². The minimum Gasteiger partial charge on any atom is -0.308 e. The monoisotopic (exact) mass is 151 g/mol. The van der Waals surface area contributed by atoms with E-state index in [-0.39, 0.29) is 0 Å². The van der Waals surface area contributed by atoms with Gasteiger partial charge in [0.1, 0.15) is 0 Å². The maximum Gasteiger partial charge on any atom is 0.0363 e. The third-order valence-electron chi connectivity index (χ3n) is 4.44. The quantitative estimate of drug-likeness (QED) is 0.526. The summed E-state index contributed by atoms with van der Waals surface area (Å²) in [6.45, 7) is 1.34. The van der Waals surface area contributed by atoms with Gasteiger partial charge in [-0.25, -0.2) is 0 Å². The molecule has 2 spiro atoms. The van der Waals surface area contributed by atoms with Crippen molar-refractivity contribution in [3.05, 3.63) is 0 Å². The predicted octanol–water partition coefficient (Wildman–Crippen LogP) is 2.07. The summed E-state index contributed by atoms with van der Waals surface area (Å²) in [5.41, 5.74) is 1.45. The molecule has 1 unspecified atom stereocenters. The summed E-state index contributed by atoms with van der Waals surface area (Å²) in [4.78, 5) is 0. The number of nitrogens with one attached hydrogen (secondary N) is 1. The van der Waals surface area contributed by atoms with E-state index in [0.29, 0.717) is 5.54 Å². The van der Waals surface area contributed by atoms with E-state index in [0.717, 1.165) is 5.41 Å². The van der Waals surface area contributed by atoms with E-state index in [1.807, 2.05) is 0 Å². The molecular weight excluding hydrogens is 134 g/mol. The van der Waals surface area contributed by atoms with E-state index in [1.165, 1.54) is 51.5 Å². The van der Waals surface area contributed by atoms with Gasteiger partial charge in [-0.15, -0.1) is 0 Å². The van der Waals surface area contributed by atoms with Crippen molar-refractivity contribution in [1.29, 1.82) is 0 Å². The first-order valence-electron chi connectivity index (χ1n) is 5.12. The maximum absolute atomic E-state index is 3.64. The molecule has 0 aromatic carbocycles. The highest BCUT2D eigenvalue weighted by Gasteiger charge is 2.61. The van der Waals surface area contributed by atoms with Crippen LogP contribution in [0.1, 0.15) is 44.9 Å². The Kier molecular flexibility index (Phi) is 1.07. The average Bonchev–Trinajstić information content (AvgIpc) is 2.55. The van der Waals surface area contributed by atoms with Crippen molar-refractivity contribution in [1.82, 2.24) is 5.32 Å². The van der Waals surface area contributed by atoms with Crippen LogP contribution in [0, 0.1) is 5.41 Å². The lowest BCUT2D eigenvalue weighted by molar-refractivity contribution is 0.245. The summed E-state index contributed by atoms with van der Waals surface area (Å²) >= 11 is 0. The summed E-state index contributed by atoms with van der Waals surface area (Å²) in [7, 11) is 0. The van der Waals surface area contributed by atoms with Crippen molar-refractivity contribution in [3.63, 3.8) is 0 Å². The fourth-order valence-electron chi connectivity index (χ4n) is 3.67. The first-order chi connectivity index (χ1) is 5.37. The fraction of sp³-hybridized carbons (Fsp3) is 1.00. The molecule has 3 fully saturated rings. The third-order valence-corrected chi connectivity index (χ3v) is 4.44. The molecule has 1 nitrogen and oxygen atoms in total. The standard InChI is InChI=1S/C10H17N/c1-2-5-9(4-1)6-3-7-10(9)8-11-10/h11H,1-8H2. The van der Waals surface area contributed by atoms with Gasteiger partial charge < -0.3 is 5.32 Å². The molecule has 2 aliphatic carbocycles. The van der Waals surface area contributed by atoms with Crippen LogP contribution in [0.5, 0.6) is 0 Å². The lowest BCUT2D eigenvalue weighted by Gasteiger charge is -2.29. The zero-order valence-electron chi connectivity index (χ0n) is 7.16. The number of hydrogen-bond donors (Lipinski definition) is 1. The highest BCUT2D eigenvalue weighted by atomic mass is 15.2. The van der Waals surface area contributed by atoms with Crippen LogP contribution in [0.3, 0.4) is 0 Å². The first-order valence-corrected chi connectivity index (χ1v) is 5.12. The second kappa shape index (κ2) is 1.82. The molecule has 1 heterocycles. The zero-order chi connectivity index (χ0) is 7.36. The molecule has 0 radical (unpaired) electrons. The number of hydrogen-bond acceptors (Lipinski definition) is 1. The lowest BCUT2D eigenvalue weighted by atomic mass is 9.76. The third kappa shape index (κ3) is 0.658. The van der Waals surface area contributed by atoms with Gasteiger partial charge in [-0.2, -0.15) is 0 Å². The van der Waals surface area contributed by atoms with E-state index in [2.05, 4.69) is 5.32 Å². The molecule has 62 valence electrons. The minimum atomic E-state index is 0.670. The highest BCUT2D eigenvalue weighted by Crippen LogP contribution is 2.60. The van der Waals surface area contributed by atoms with Crippen LogP contribution in [0.4, 0.5) is 0 Å². The Morgan fingerprint density at radius 3 is 2.09 bits per heavy atom. The number of fused-ring (bicyclic) bond motifs is 1. The van der Waals surface area contributed by atoms with Gasteiger partial charge in [0.15, 0.2) is 0 Å². The van der Waals surface area contributed by atoms with Crippen molar-refractivity contribution in [2.24, 2.45) is 5.41 Å². The second-order valence-electron chi connectivity index (χ2n) is 4.78. The molecule has 0 aromatic heterocycles. The van der Waals surface area contributed by atoms with E-state index in [9.17, 15) is 0 Å². The van der Waals surface area contributed by atoms with Gasteiger partial charge in [-0.05, 0) is 31.1 Å². The summed E-state index contributed by atoms with van der Waals surface area (Å²) in [6, 6.07) is 0. The van der Waals surface area contributed by atoms with Crippen LogP contribution in [-0.4, -0.2) is 12.1 Å². The Morgan fingerprint density at radius 2 is 1.45 bits per heavy atom. The van der Waals surface area contributed by atoms with Crippen LogP contribution in [0.15, 0.2) is 0 Å². The molecule has 1 saturated heterocycles. The van der Waals surface area contributed by atoms with Crippen molar-refractivity contribution in [2.45, 2.75) is 50.5 Å². The second-order valence-corrected chi connectivity index (χ2v) is 4.78. The molecule has 3 aliphatic rings. The summed E-state index contributed by atoms with van der Waals surface area (Å²) < 4.78 is 0. The minimum absolute atomic E-state index is 0.670. The van der Waals surface area contributed by atoms with Gasteiger partial charge in [-0.1, -0.05) is 19.3 Å². The van der Waals surface area contributed by atoms with Crippen LogP contribution in [0.25, 0.3) is 0 Å². The highest BCUT2D eigenvalue weighted by molar-refractivity contribution is 5.20. The van der Waals surface area contributed by atoms with Gasteiger partial charge in [0, 0.05) is 12.1 Å². The Balaban J connectivity index is 1.94. The summed E-state index contributed by atoms with van der Waals surface area (Å²) in [6.07, 6.45) is 10.6. The van der Waals surface area contributed by atoms with Gasteiger partial charge >= 0.3 is 0 Å². The molecule has 1 heteroatoms. The van der Waals surface area contributed by atoms with Gasteiger partial charge in [0.05, 0.1) is 0 Å². The largest absolute Gasteiger partial charge is 0.308 e. The normalized spacial score (nSPS) is 45.8. The van der Waals surface area contributed by atoms with Crippen molar-refractivity contribution < 1.29 is 0 Å². The molecule has 0 aromatic rings. The van der Waals surface area contributed by atoms with E-state index in [1.54, 1.807) is 0 Å². The Bertz CT molecular complexity index is 170. The topological polar surface area (TPSA) is 21.9 Å². The molecule has 0 amide bonds. The zero-order valence-corrected chi connectivity index (χ0v) is 7.16. The predicted molar refractivity (Wildman–Crippen MR) is 45.5 cm³/mol. The molecule has 0 bridgehead atoms. The van der Waals surface area contributed by atoms with Crippen molar-refractivity contribution in [3.8, 4) is 0 Å². The van der Waals surface area contributed by atoms with Crippen molar-refractivity contribution >= 4 is 0 Å². The van der Waals surface area contributed by atoms with Gasteiger partial charge in [0.2, 0.25) is 0 Å². The Labute approximate surface area is 68.6 Å². The first kappa shape index (κ1) is 6.47. The smallest absolute Gasteiger partial charge is 0.0363 e. The number of rotatable bonds is 0. The lowest BCUT2D eigenvalue weighted by Crippen LogP contribution is -2.32. The summed E-state index contributed by atoms with van der Waals surface area (Å²) in [5.74, 6) is 0. The maximum atomic E-state index is 3.64. The van der Waals surface area contributed by atoms with E-state index in [4.69, 9.17) is 0 Å². The Hall–Kier alpha value is -0.0400. The summed E-state index contributed by atoms with van der Waals surface area (Å²) in [5, 5.41) is 3.64. The van der Waals surface area contributed by atoms with Gasteiger partial charge in [0.25, 0.3) is 0 Å². The molecular formula is C10H17N. The molecule has 2 saturated carbocycles. The molecule has 1 N–H and O–H groups in total. The van der Waals surface area contributed by atoms with Crippen LogP contribution in [-0.2, 0) is 0 Å². The fourth-order valence-corrected chi connectivity index (χ4v) is 3.67. The van der Waals surface area contributed by atoms with Crippen LogP contribution in [0.2, 0.25) is 0 Å². The van der Waals surface area contributed by atoms with E-state index >= 15 is 0 Å². The SMILES string of the molecule is C1CCC2(C1)CCCC21CN1. The molecule has 3 rings (SSSR count). The average molecular weight is 151 g/mol. The van der Waals surface area contributed by atoms with Crippen LogP contribution >= 0.6 is 0 Å². The van der Waals surface area contributed by atoms with Gasteiger partial charge in [-0.3, -0.25) is 0 Å².